The van der Waals surface area contributed by atoms with Gasteiger partial charge in [-0.3, -0.25) is 4.79 Å². The van der Waals surface area contributed by atoms with Crippen LogP contribution in [0, 0.1) is 0 Å². The molecule has 6 nitrogen and oxygen atoms in total. The lowest BCUT2D eigenvalue weighted by molar-refractivity contribution is -0.109. The van der Waals surface area contributed by atoms with Gasteiger partial charge >= 0.3 is 0 Å². The number of phenols is 1. The molecular formula is C13H18O6S. The summed E-state index contributed by atoms with van der Waals surface area (Å²) < 4.78 is 10.1. The Kier molecular flexibility index (Phi) is 6.12. The van der Waals surface area contributed by atoms with Crippen molar-refractivity contribution in [2.45, 2.75) is 19.1 Å². The van der Waals surface area contributed by atoms with E-state index in [1.54, 1.807) is 0 Å². The zero-order chi connectivity index (χ0) is 15.3. The lowest BCUT2D eigenvalue weighted by Gasteiger charge is -2.21. The van der Waals surface area contributed by atoms with Gasteiger partial charge in [0.25, 0.3) is 0 Å². The molecule has 0 bridgehead atoms. The van der Waals surface area contributed by atoms with Gasteiger partial charge in [-0.05, 0) is 0 Å². The summed E-state index contributed by atoms with van der Waals surface area (Å²) in [5.74, 6) is 0.329. The minimum absolute atomic E-state index is 0.0190. The first-order valence-corrected chi connectivity index (χ1v) is 6.83. The fourth-order valence-corrected chi connectivity index (χ4v) is 2.25. The molecule has 0 saturated heterocycles. The number of aliphatic hydroxyl groups is 2. The largest absolute Gasteiger partial charge is 0.507 e. The van der Waals surface area contributed by atoms with Crippen molar-refractivity contribution in [3.63, 3.8) is 0 Å². The maximum atomic E-state index is 10.9. The number of methoxy groups -OCH3 is 2. The number of rotatable bonds is 6. The van der Waals surface area contributed by atoms with Crippen LogP contribution in [0.25, 0.3) is 0 Å². The Hall–Kier alpha value is -1.44. The molecule has 2 unspecified atom stereocenters. The van der Waals surface area contributed by atoms with Crippen molar-refractivity contribution in [2.75, 3.05) is 20.0 Å². The molecule has 0 spiro atoms. The van der Waals surface area contributed by atoms with Crippen molar-refractivity contribution in [1.82, 2.24) is 0 Å². The number of ether oxygens (including phenoxy) is 2. The van der Waals surface area contributed by atoms with E-state index in [-0.39, 0.29) is 27.9 Å². The van der Waals surface area contributed by atoms with Crippen LogP contribution in [0.4, 0.5) is 0 Å². The molecule has 0 amide bonds. The van der Waals surface area contributed by atoms with E-state index in [0.717, 1.165) is 11.8 Å². The van der Waals surface area contributed by atoms with Crippen LogP contribution in [0.2, 0.25) is 0 Å². The van der Waals surface area contributed by atoms with E-state index < -0.39 is 12.2 Å². The molecule has 0 radical (unpaired) electrons. The number of benzene rings is 1. The molecule has 0 fully saturated rings. The summed E-state index contributed by atoms with van der Waals surface area (Å²) in [7, 11) is 2.81. The topological polar surface area (TPSA) is 96.2 Å². The summed E-state index contributed by atoms with van der Waals surface area (Å²) >= 11 is 0.893. The number of carbonyl (C=O) groups excluding carboxylic acids is 1. The van der Waals surface area contributed by atoms with Gasteiger partial charge in [-0.15, -0.1) is 0 Å². The number of carbonyl (C=O) groups is 1. The second kappa shape index (κ2) is 7.37. The zero-order valence-corrected chi connectivity index (χ0v) is 12.3. The van der Waals surface area contributed by atoms with Crippen LogP contribution in [-0.4, -0.2) is 46.5 Å². The van der Waals surface area contributed by atoms with Gasteiger partial charge in [0.15, 0.2) is 5.12 Å². The predicted octanol–water partition coefficient (Wildman–Crippen LogP) is 1.08. The van der Waals surface area contributed by atoms with E-state index in [0.29, 0.717) is 5.75 Å². The quantitative estimate of drug-likeness (QED) is 0.723. The standard InChI is InChI=1S/C13H18O6S/c1-7(14)20-6-10(16)13(17)12-9(15)4-8(18-2)5-11(12)19-3/h4-5,10,13,15-17H,6H2,1-3H3. The number of aromatic hydroxyl groups is 1. The summed E-state index contributed by atoms with van der Waals surface area (Å²) in [6.45, 7) is 1.37. The second-order valence-corrected chi connectivity index (χ2v) is 5.27. The number of hydrogen-bond acceptors (Lipinski definition) is 7. The predicted molar refractivity (Wildman–Crippen MR) is 75.3 cm³/mol. The van der Waals surface area contributed by atoms with Gasteiger partial charge in [-0.1, -0.05) is 11.8 Å². The smallest absolute Gasteiger partial charge is 0.185 e. The highest BCUT2D eigenvalue weighted by Crippen LogP contribution is 2.39. The summed E-state index contributed by atoms with van der Waals surface area (Å²) in [5, 5.41) is 29.7. The molecule has 7 heteroatoms. The third kappa shape index (κ3) is 4.03. The first-order chi connectivity index (χ1) is 9.40. The third-order valence-corrected chi connectivity index (χ3v) is 3.58. The normalized spacial score (nSPS) is 13.7. The highest BCUT2D eigenvalue weighted by Gasteiger charge is 2.26. The van der Waals surface area contributed by atoms with Crippen molar-refractivity contribution >= 4 is 16.9 Å². The van der Waals surface area contributed by atoms with Crippen molar-refractivity contribution in [2.24, 2.45) is 0 Å². The molecule has 3 N–H and O–H groups in total. The first kappa shape index (κ1) is 16.6. The molecular weight excluding hydrogens is 284 g/mol. The Balaban J connectivity index is 3.02. The van der Waals surface area contributed by atoms with E-state index in [2.05, 4.69) is 0 Å². The number of phenolic OH excluding ortho intramolecular Hbond substituents is 1. The Morgan fingerprint density at radius 3 is 2.45 bits per heavy atom. The van der Waals surface area contributed by atoms with Crippen LogP contribution in [0.3, 0.4) is 0 Å². The van der Waals surface area contributed by atoms with Gasteiger partial charge in [-0.2, -0.15) is 0 Å². The molecule has 0 aliphatic heterocycles. The zero-order valence-electron chi connectivity index (χ0n) is 11.5. The fraction of sp³-hybridized carbons (Fsp3) is 0.462. The maximum Gasteiger partial charge on any atom is 0.185 e. The average molecular weight is 302 g/mol. The van der Waals surface area contributed by atoms with Gasteiger partial charge < -0.3 is 24.8 Å². The Morgan fingerprint density at radius 2 is 1.95 bits per heavy atom. The van der Waals surface area contributed by atoms with Crippen LogP contribution in [0.15, 0.2) is 12.1 Å². The Labute approximate surface area is 121 Å². The summed E-state index contributed by atoms with van der Waals surface area (Å²) in [4.78, 5) is 10.9. The lowest BCUT2D eigenvalue weighted by Crippen LogP contribution is -2.22. The molecule has 0 aliphatic rings. The summed E-state index contributed by atoms with van der Waals surface area (Å²) in [5.41, 5.74) is 0.0601. The first-order valence-electron chi connectivity index (χ1n) is 5.85. The monoisotopic (exact) mass is 302 g/mol. The molecule has 1 rings (SSSR count). The van der Waals surface area contributed by atoms with E-state index in [9.17, 15) is 20.1 Å². The van der Waals surface area contributed by atoms with E-state index in [1.165, 1.54) is 33.3 Å². The molecule has 20 heavy (non-hydrogen) atoms. The molecule has 112 valence electrons. The molecule has 0 saturated carbocycles. The molecule has 1 aromatic rings. The SMILES string of the molecule is COc1cc(O)c(C(O)C(O)CSC(C)=O)c(OC)c1. The van der Waals surface area contributed by atoms with Gasteiger partial charge in [-0.25, -0.2) is 0 Å². The summed E-state index contributed by atoms with van der Waals surface area (Å²) in [6.07, 6.45) is -2.58. The van der Waals surface area contributed by atoms with Crippen molar-refractivity contribution < 1.29 is 29.6 Å². The lowest BCUT2D eigenvalue weighted by atomic mass is 10.0. The number of aliphatic hydroxyl groups excluding tert-OH is 2. The van der Waals surface area contributed by atoms with Gasteiger partial charge in [0, 0.05) is 24.8 Å². The van der Waals surface area contributed by atoms with Crippen LogP contribution in [0.1, 0.15) is 18.6 Å². The van der Waals surface area contributed by atoms with Gasteiger partial charge in [0.1, 0.15) is 23.4 Å². The van der Waals surface area contributed by atoms with Crippen LogP contribution in [0.5, 0.6) is 17.2 Å². The highest BCUT2D eigenvalue weighted by atomic mass is 32.2. The molecule has 1 aromatic carbocycles. The van der Waals surface area contributed by atoms with E-state index in [4.69, 9.17) is 9.47 Å². The van der Waals surface area contributed by atoms with Crippen LogP contribution >= 0.6 is 11.8 Å². The minimum atomic E-state index is -1.37. The highest BCUT2D eigenvalue weighted by molar-refractivity contribution is 8.13. The second-order valence-electron chi connectivity index (χ2n) is 4.08. The molecule has 0 aromatic heterocycles. The third-order valence-electron chi connectivity index (χ3n) is 2.67. The van der Waals surface area contributed by atoms with Crippen LogP contribution in [-0.2, 0) is 4.79 Å². The van der Waals surface area contributed by atoms with Gasteiger partial charge in [0.05, 0.1) is 25.9 Å². The van der Waals surface area contributed by atoms with E-state index >= 15 is 0 Å². The van der Waals surface area contributed by atoms with E-state index in [1.807, 2.05) is 0 Å². The van der Waals surface area contributed by atoms with Crippen molar-refractivity contribution in [1.29, 1.82) is 0 Å². The van der Waals surface area contributed by atoms with Crippen molar-refractivity contribution in [3.05, 3.63) is 17.7 Å². The summed E-state index contributed by atoms with van der Waals surface area (Å²) in [6, 6.07) is 2.80. The molecule has 2 atom stereocenters. The average Bonchev–Trinajstić information content (AvgIpc) is 2.42. The molecule has 0 heterocycles. The van der Waals surface area contributed by atoms with Crippen LogP contribution < -0.4 is 9.47 Å². The Morgan fingerprint density at radius 1 is 1.30 bits per heavy atom. The number of hydrogen-bond donors (Lipinski definition) is 3. The van der Waals surface area contributed by atoms with Gasteiger partial charge in [0.2, 0.25) is 0 Å². The maximum absolute atomic E-state index is 10.9. The number of thioether (sulfide) groups is 1. The fourth-order valence-electron chi connectivity index (χ4n) is 1.66. The van der Waals surface area contributed by atoms with Crippen molar-refractivity contribution in [3.8, 4) is 17.2 Å². The molecule has 0 aliphatic carbocycles. The minimum Gasteiger partial charge on any atom is -0.507 e. The Bertz CT molecular complexity index is 476.